The highest BCUT2D eigenvalue weighted by Gasteiger charge is 2.31. The average Bonchev–Trinajstić information content (AvgIpc) is 2.76. The van der Waals surface area contributed by atoms with Crippen molar-refractivity contribution >= 4 is 29.3 Å². The summed E-state index contributed by atoms with van der Waals surface area (Å²) in [5.41, 5.74) is 2.90. The van der Waals surface area contributed by atoms with Crippen LogP contribution in [0.4, 0.5) is 11.4 Å². The summed E-state index contributed by atoms with van der Waals surface area (Å²) >= 11 is 0. The minimum absolute atomic E-state index is 0.119. The first kappa shape index (κ1) is 22.9. The van der Waals surface area contributed by atoms with Gasteiger partial charge < -0.3 is 24.4 Å². The number of carbonyl (C=O) groups excluding carboxylic acids is 2. The third-order valence-electron chi connectivity index (χ3n) is 4.78. The maximum Gasteiger partial charge on any atom is 0.268 e. The zero-order valence-electron chi connectivity index (χ0n) is 18.8. The quantitative estimate of drug-likeness (QED) is 0.489. The normalized spacial score (nSPS) is 15.2. The van der Waals surface area contributed by atoms with Gasteiger partial charge in [-0.25, -0.2) is 0 Å². The Balaban J connectivity index is 1.73. The molecule has 1 N–H and O–H groups in total. The van der Waals surface area contributed by atoms with Crippen LogP contribution in [0.2, 0.25) is 0 Å². The molecule has 1 atom stereocenters. The summed E-state index contributed by atoms with van der Waals surface area (Å²) in [5.74, 6) is 1.38. The molecule has 32 heavy (non-hydrogen) atoms. The van der Waals surface area contributed by atoms with Gasteiger partial charge in [-0.15, -0.1) is 0 Å². The topological polar surface area (TPSA) is 77.1 Å². The van der Waals surface area contributed by atoms with Gasteiger partial charge in [0.15, 0.2) is 17.6 Å². The number of fused-ring (bicyclic) bond motifs is 1. The van der Waals surface area contributed by atoms with Crippen LogP contribution in [-0.2, 0) is 9.59 Å². The molecular weight excluding hydrogens is 408 g/mol. The number of hydrogen-bond acceptors (Lipinski definition) is 5. The first-order valence-corrected chi connectivity index (χ1v) is 10.4. The van der Waals surface area contributed by atoms with Crippen molar-refractivity contribution in [2.45, 2.75) is 26.9 Å². The zero-order chi connectivity index (χ0) is 23.3. The second-order valence-electron chi connectivity index (χ2n) is 7.49. The van der Waals surface area contributed by atoms with Crippen molar-refractivity contribution in [2.75, 3.05) is 30.5 Å². The van der Waals surface area contributed by atoms with E-state index in [0.29, 0.717) is 41.8 Å². The lowest BCUT2D eigenvalue weighted by molar-refractivity contribution is -0.125. The SMILES string of the molecule is C=C(C)CN1C(=O)C(C)Oc2cc(NC(=O)/C=C/c3ccc(OCC)c(OC)c3)ccc21. The average molecular weight is 437 g/mol. The van der Waals surface area contributed by atoms with Crippen LogP contribution in [0.3, 0.4) is 0 Å². The molecule has 1 heterocycles. The van der Waals surface area contributed by atoms with Gasteiger partial charge in [-0.2, -0.15) is 0 Å². The van der Waals surface area contributed by atoms with Crippen LogP contribution in [0.25, 0.3) is 6.08 Å². The Morgan fingerprint density at radius 2 is 2.03 bits per heavy atom. The molecule has 168 valence electrons. The number of nitrogens with zero attached hydrogens (tertiary/aromatic N) is 1. The molecule has 0 saturated carbocycles. The van der Waals surface area contributed by atoms with Gasteiger partial charge in [0, 0.05) is 24.4 Å². The fourth-order valence-electron chi connectivity index (χ4n) is 3.34. The molecule has 0 aromatic heterocycles. The number of anilines is 2. The van der Waals surface area contributed by atoms with Gasteiger partial charge in [0.25, 0.3) is 5.91 Å². The van der Waals surface area contributed by atoms with Crippen LogP contribution in [0.5, 0.6) is 17.2 Å². The summed E-state index contributed by atoms with van der Waals surface area (Å²) in [6.45, 7) is 10.3. The van der Waals surface area contributed by atoms with E-state index in [1.807, 2.05) is 19.9 Å². The Hall–Kier alpha value is -3.74. The monoisotopic (exact) mass is 436 g/mol. The molecule has 2 aromatic rings. The maximum atomic E-state index is 12.5. The Kier molecular flexibility index (Phi) is 7.20. The predicted octanol–water partition coefficient (Wildman–Crippen LogP) is 4.44. The van der Waals surface area contributed by atoms with Gasteiger partial charge in [0.1, 0.15) is 5.75 Å². The molecule has 1 aliphatic rings. The maximum absolute atomic E-state index is 12.5. The molecule has 0 radical (unpaired) electrons. The van der Waals surface area contributed by atoms with Gasteiger partial charge in [-0.1, -0.05) is 18.2 Å². The summed E-state index contributed by atoms with van der Waals surface area (Å²) in [4.78, 5) is 26.6. The molecule has 0 spiro atoms. The number of hydrogen-bond donors (Lipinski definition) is 1. The summed E-state index contributed by atoms with van der Waals surface area (Å²) in [6, 6.07) is 10.7. The Bertz CT molecular complexity index is 1060. The zero-order valence-corrected chi connectivity index (χ0v) is 18.8. The standard InChI is InChI=1S/C25H28N2O5/c1-6-31-21-11-7-18(13-23(21)30-5)8-12-24(28)26-19-9-10-20-22(14-19)32-17(4)25(29)27(20)15-16(2)3/h7-14,17H,2,6,15H2,1,3-5H3,(H,26,28)/b12-8+. The number of nitrogens with one attached hydrogen (secondary N) is 1. The van der Waals surface area contributed by atoms with E-state index in [0.717, 1.165) is 11.1 Å². The van der Waals surface area contributed by atoms with E-state index in [2.05, 4.69) is 11.9 Å². The minimum Gasteiger partial charge on any atom is -0.493 e. The van der Waals surface area contributed by atoms with Gasteiger partial charge in [-0.05, 0) is 56.7 Å². The molecule has 1 unspecified atom stereocenters. The van der Waals surface area contributed by atoms with Crippen molar-refractivity contribution < 1.29 is 23.8 Å². The molecule has 1 aliphatic heterocycles. The Labute approximate surface area is 188 Å². The van der Waals surface area contributed by atoms with Gasteiger partial charge in [-0.3, -0.25) is 9.59 Å². The molecule has 7 nitrogen and oxygen atoms in total. The van der Waals surface area contributed by atoms with Crippen LogP contribution in [0, 0.1) is 0 Å². The van der Waals surface area contributed by atoms with E-state index in [4.69, 9.17) is 14.2 Å². The second-order valence-corrected chi connectivity index (χ2v) is 7.49. The summed E-state index contributed by atoms with van der Waals surface area (Å²) < 4.78 is 16.6. The third-order valence-corrected chi connectivity index (χ3v) is 4.78. The smallest absolute Gasteiger partial charge is 0.268 e. The van der Waals surface area contributed by atoms with E-state index in [9.17, 15) is 9.59 Å². The van der Waals surface area contributed by atoms with E-state index < -0.39 is 6.10 Å². The van der Waals surface area contributed by atoms with Gasteiger partial charge in [0.2, 0.25) is 5.91 Å². The van der Waals surface area contributed by atoms with Crippen molar-refractivity contribution in [3.63, 3.8) is 0 Å². The van der Waals surface area contributed by atoms with Crippen molar-refractivity contribution in [1.82, 2.24) is 0 Å². The van der Waals surface area contributed by atoms with E-state index in [1.54, 1.807) is 55.3 Å². The van der Waals surface area contributed by atoms with Gasteiger partial charge >= 0.3 is 0 Å². The number of ether oxygens (including phenoxy) is 3. The van der Waals surface area contributed by atoms with E-state index in [-0.39, 0.29) is 11.8 Å². The number of carbonyl (C=O) groups is 2. The lowest BCUT2D eigenvalue weighted by Crippen LogP contribution is -2.45. The fraction of sp³-hybridized carbons (Fsp3) is 0.280. The number of rotatable bonds is 8. The van der Waals surface area contributed by atoms with Crippen LogP contribution >= 0.6 is 0 Å². The van der Waals surface area contributed by atoms with Crippen LogP contribution in [0.1, 0.15) is 26.3 Å². The van der Waals surface area contributed by atoms with Crippen LogP contribution in [-0.4, -0.2) is 38.2 Å². The highest BCUT2D eigenvalue weighted by molar-refractivity contribution is 6.03. The van der Waals surface area contributed by atoms with E-state index >= 15 is 0 Å². The molecule has 2 aromatic carbocycles. The lowest BCUT2D eigenvalue weighted by atomic mass is 10.1. The molecule has 0 fully saturated rings. The molecule has 0 saturated heterocycles. The number of methoxy groups -OCH3 is 1. The summed E-state index contributed by atoms with van der Waals surface area (Å²) in [6.07, 6.45) is 2.52. The Morgan fingerprint density at radius 1 is 1.25 bits per heavy atom. The summed E-state index contributed by atoms with van der Waals surface area (Å²) in [5, 5.41) is 2.82. The molecule has 0 aliphatic carbocycles. The summed E-state index contributed by atoms with van der Waals surface area (Å²) in [7, 11) is 1.57. The minimum atomic E-state index is -0.609. The van der Waals surface area contributed by atoms with Crippen molar-refractivity contribution in [3.8, 4) is 17.2 Å². The number of benzene rings is 2. The molecular formula is C25H28N2O5. The van der Waals surface area contributed by atoms with Crippen LogP contribution < -0.4 is 24.4 Å². The first-order valence-electron chi connectivity index (χ1n) is 10.4. The largest absolute Gasteiger partial charge is 0.493 e. The fourth-order valence-corrected chi connectivity index (χ4v) is 3.34. The molecule has 7 heteroatoms. The van der Waals surface area contributed by atoms with Gasteiger partial charge in [0.05, 0.1) is 19.4 Å². The van der Waals surface area contributed by atoms with Crippen molar-refractivity contribution in [3.05, 3.63) is 60.2 Å². The predicted molar refractivity (Wildman–Crippen MR) is 126 cm³/mol. The highest BCUT2D eigenvalue weighted by Crippen LogP contribution is 2.36. The highest BCUT2D eigenvalue weighted by atomic mass is 16.5. The molecule has 2 amide bonds. The Morgan fingerprint density at radius 3 is 2.72 bits per heavy atom. The number of amides is 2. The molecule has 3 rings (SSSR count). The third kappa shape index (κ3) is 5.29. The van der Waals surface area contributed by atoms with Crippen LogP contribution in [0.15, 0.2) is 54.6 Å². The molecule has 0 bridgehead atoms. The van der Waals surface area contributed by atoms with Crippen molar-refractivity contribution in [2.24, 2.45) is 0 Å². The van der Waals surface area contributed by atoms with E-state index in [1.165, 1.54) is 6.08 Å². The first-order chi connectivity index (χ1) is 15.3. The second kappa shape index (κ2) is 10.0. The lowest BCUT2D eigenvalue weighted by Gasteiger charge is -2.33. The van der Waals surface area contributed by atoms with Crippen molar-refractivity contribution in [1.29, 1.82) is 0 Å².